The minimum absolute atomic E-state index is 0.142. The summed E-state index contributed by atoms with van der Waals surface area (Å²) in [5, 5.41) is 2.77. The fourth-order valence-corrected chi connectivity index (χ4v) is 2.32. The Morgan fingerprint density at radius 1 is 1.30 bits per heavy atom. The van der Waals surface area contributed by atoms with E-state index in [0.29, 0.717) is 29.2 Å². The van der Waals surface area contributed by atoms with Crippen LogP contribution in [0.3, 0.4) is 0 Å². The summed E-state index contributed by atoms with van der Waals surface area (Å²) in [4.78, 5) is 26.3. The highest BCUT2D eigenvalue weighted by Gasteiger charge is 2.40. The zero-order chi connectivity index (χ0) is 14.9. The zero-order valence-electron chi connectivity index (χ0n) is 11.5. The first-order chi connectivity index (χ1) is 9.34. The summed E-state index contributed by atoms with van der Waals surface area (Å²) in [5.74, 6) is -0.309. The number of carbonyl (C=O) groups is 2. The predicted octanol–water partition coefficient (Wildman–Crippen LogP) is 0.671. The molecule has 0 radical (unpaired) electrons. The monoisotopic (exact) mass is 291 g/mol. The molecule has 20 heavy (non-hydrogen) atoms. The molecule has 1 aliphatic heterocycles. The fraction of sp³-hybridized carbons (Fsp3) is 0.357. The number of hydrogen-bond donors (Lipinski definition) is 2. The van der Waals surface area contributed by atoms with Gasteiger partial charge in [0.15, 0.2) is 0 Å². The minimum Gasteiger partial charge on any atom is -0.389 e. The SMILES string of the molecule is CC1(C)C(=O)NCCN1C(=O)c1ccc(C(N)=S)cc1. The van der Waals surface area contributed by atoms with E-state index in [4.69, 9.17) is 18.0 Å². The van der Waals surface area contributed by atoms with Gasteiger partial charge in [0, 0.05) is 24.2 Å². The van der Waals surface area contributed by atoms with E-state index in [-0.39, 0.29) is 11.8 Å². The first kappa shape index (κ1) is 14.5. The summed E-state index contributed by atoms with van der Waals surface area (Å²) in [6.07, 6.45) is 0. The minimum atomic E-state index is -0.850. The lowest BCUT2D eigenvalue weighted by Gasteiger charge is -2.41. The molecule has 1 aromatic carbocycles. The number of piperazine rings is 1. The van der Waals surface area contributed by atoms with Crippen LogP contribution in [0, 0.1) is 0 Å². The lowest BCUT2D eigenvalue weighted by Crippen LogP contribution is -2.63. The van der Waals surface area contributed by atoms with Gasteiger partial charge in [-0.25, -0.2) is 0 Å². The standard InChI is InChI=1S/C14H17N3O2S/c1-14(2)13(19)16-7-8-17(14)12(18)10-5-3-9(4-6-10)11(15)20/h3-6H,7-8H2,1-2H3,(H2,15,20)(H,16,19). The van der Waals surface area contributed by atoms with Crippen LogP contribution in [-0.2, 0) is 4.79 Å². The van der Waals surface area contributed by atoms with Crippen LogP contribution < -0.4 is 11.1 Å². The molecule has 0 aliphatic carbocycles. The molecule has 1 aliphatic rings. The number of nitrogens with one attached hydrogen (secondary N) is 1. The number of nitrogens with zero attached hydrogens (tertiary/aromatic N) is 1. The van der Waals surface area contributed by atoms with Crippen LogP contribution >= 0.6 is 12.2 Å². The second-order valence-electron chi connectivity index (χ2n) is 5.21. The Kier molecular flexibility index (Phi) is 3.76. The van der Waals surface area contributed by atoms with Gasteiger partial charge in [0.05, 0.1) is 0 Å². The Morgan fingerprint density at radius 2 is 1.85 bits per heavy atom. The summed E-state index contributed by atoms with van der Waals surface area (Å²) in [6.45, 7) is 4.44. The van der Waals surface area contributed by atoms with Gasteiger partial charge in [-0.3, -0.25) is 9.59 Å². The lowest BCUT2D eigenvalue weighted by molar-refractivity contribution is -0.133. The molecule has 2 amide bonds. The molecule has 3 N–H and O–H groups in total. The lowest BCUT2D eigenvalue weighted by atomic mass is 9.97. The highest BCUT2D eigenvalue weighted by atomic mass is 32.1. The first-order valence-electron chi connectivity index (χ1n) is 6.34. The molecule has 1 aromatic rings. The van der Waals surface area contributed by atoms with Gasteiger partial charge in [-0.2, -0.15) is 0 Å². The number of amides is 2. The Morgan fingerprint density at radius 3 is 2.40 bits per heavy atom. The van der Waals surface area contributed by atoms with E-state index in [9.17, 15) is 9.59 Å². The van der Waals surface area contributed by atoms with Crippen molar-refractivity contribution in [3.8, 4) is 0 Å². The molecule has 2 rings (SSSR count). The van der Waals surface area contributed by atoms with Crippen molar-refractivity contribution in [3.63, 3.8) is 0 Å². The summed E-state index contributed by atoms with van der Waals surface area (Å²) in [6, 6.07) is 6.79. The quantitative estimate of drug-likeness (QED) is 0.785. The van der Waals surface area contributed by atoms with Gasteiger partial charge in [-0.1, -0.05) is 24.4 Å². The molecular weight excluding hydrogens is 274 g/mol. The van der Waals surface area contributed by atoms with Gasteiger partial charge in [-0.15, -0.1) is 0 Å². The topological polar surface area (TPSA) is 75.4 Å². The molecule has 0 atom stereocenters. The normalized spacial score (nSPS) is 17.5. The van der Waals surface area contributed by atoms with Crippen LogP contribution in [0.2, 0.25) is 0 Å². The average molecular weight is 291 g/mol. The Hall–Kier alpha value is -1.95. The van der Waals surface area contributed by atoms with Gasteiger partial charge in [-0.05, 0) is 26.0 Å². The molecule has 1 heterocycles. The number of benzene rings is 1. The van der Waals surface area contributed by atoms with Crippen molar-refractivity contribution in [2.75, 3.05) is 13.1 Å². The highest BCUT2D eigenvalue weighted by molar-refractivity contribution is 7.80. The van der Waals surface area contributed by atoms with Crippen molar-refractivity contribution >= 4 is 29.0 Å². The Labute approximate surface area is 123 Å². The Balaban J connectivity index is 2.26. The second kappa shape index (κ2) is 5.20. The maximum absolute atomic E-state index is 12.5. The summed E-state index contributed by atoms with van der Waals surface area (Å²) >= 11 is 4.88. The van der Waals surface area contributed by atoms with E-state index >= 15 is 0 Å². The van der Waals surface area contributed by atoms with Crippen LogP contribution in [0.15, 0.2) is 24.3 Å². The van der Waals surface area contributed by atoms with E-state index in [1.165, 1.54) is 0 Å². The molecule has 0 saturated carbocycles. The third-order valence-corrected chi connectivity index (χ3v) is 3.75. The fourth-order valence-electron chi connectivity index (χ4n) is 2.19. The van der Waals surface area contributed by atoms with Gasteiger partial charge >= 0.3 is 0 Å². The van der Waals surface area contributed by atoms with Gasteiger partial charge in [0.1, 0.15) is 10.5 Å². The van der Waals surface area contributed by atoms with E-state index < -0.39 is 5.54 Å². The molecule has 0 bridgehead atoms. The molecule has 0 unspecified atom stereocenters. The van der Waals surface area contributed by atoms with E-state index in [2.05, 4.69) is 5.32 Å². The van der Waals surface area contributed by atoms with Crippen LogP contribution in [0.5, 0.6) is 0 Å². The van der Waals surface area contributed by atoms with Crippen molar-refractivity contribution in [2.24, 2.45) is 5.73 Å². The van der Waals surface area contributed by atoms with Gasteiger partial charge < -0.3 is 16.0 Å². The molecule has 6 heteroatoms. The van der Waals surface area contributed by atoms with Gasteiger partial charge in [0.2, 0.25) is 5.91 Å². The third kappa shape index (κ3) is 2.51. The van der Waals surface area contributed by atoms with Crippen molar-refractivity contribution in [1.82, 2.24) is 10.2 Å². The van der Waals surface area contributed by atoms with E-state index in [1.54, 1.807) is 43.0 Å². The molecule has 106 valence electrons. The van der Waals surface area contributed by atoms with E-state index in [1.807, 2.05) is 0 Å². The summed E-state index contributed by atoms with van der Waals surface area (Å²) < 4.78 is 0. The number of nitrogens with two attached hydrogens (primary N) is 1. The van der Waals surface area contributed by atoms with E-state index in [0.717, 1.165) is 0 Å². The number of thiocarbonyl (C=S) groups is 1. The van der Waals surface area contributed by atoms with Gasteiger partial charge in [0.25, 0.3) is 5.91 Å². The van der Waals surface area contributed by atoms with Crippen molar-refractivity contribution in [3.05, 3.63) is 35.4 Å². The molecule has 0 spiro atoms. The smallest absolute Gasteiger partial charge is 0.254 e. The number of rotatable bonds is 2. The molecule has 0 aromatic heterocycles. The first-order valence-corrected chi connectivity index (χ1v) is 6.75. The van der Waals surface area contributed by atoms with Crippen molar-refractivity contribution in [2.45, 2.75) is 19.4 Å². The predicted molar refractivity (Wildman–Crippen MR) is 80.5 cm³/mol. The Bertz CT molecular complexity index is 566. The molecular formula is C14H17N3O2S. The second-order valence-corrected chi connectivity index (χ2v) is 5.65. The summed E-state index contributed by atoms with van der Waals surface area (Å²) in [5.41, 5.74) is 5.91. The maximum Gasteiger partial charge on any atom is 0.254 e. The highest BCUT2D eigenvalue weighted by Crippen LogP contribution is 2.20. The number of carbonyl (C=O) groups excluding carboxylic acids is 2. The summed E-state index contributed by atoms with van der Waals surface area (Å²) in [7, 11) is 0. The molecule has 5 nitrogen and oxygen atoms in total. The largest absolute Gasteiger partial charge is 0.389 e. The number of hydrogen-bond acceptors (Lipinski definition) is 3. The van der Waals surface area contributed by atoms with Crippen LogP contribution in [0.25, 0.3) is 0 Å². The zero-order valence-corrected chi connectivity index (χ0v) is 12.3. The van der Waals surface area contributed by atoms with Crippen molar-refractivity contribution in [1.29, 1.82) is 0 Å². The van der Waals surface area contributed by atoms with Crippen LogP contribution in [-0.4, -0.2) is 40.3 Å². The third-order valence-electron chi connectivity index (χ3n) is 3.51. The van der Waals surface area contributed by atoms with Crippen LogP contribution in [0.4, 0.5) is 0 Å². The van der Waals surface area contributed by atoms with Crippen LogP contribution in [0.1, 0.15) is 29.8 Å². The average Bonchev–Trinajstić information content (AvgIpc) is 2.41. The van der Waals surface area contributed by atoms with Crippen molar-refractivity contribution < 1.29 is 9.59 Å². The molecule has 1 fully saturated rings. The maximum atomic E-state index is 12.5. The molecule has 1 saturated heterocycles.